The van der Waals surface area contributed by atoms with Gasteiger partial charge in [-0.3, -0.25) is 0 Å². The standard InChI is InChI=1S/C13H15N/c1-3-12(4-2)14-10-9-11-7-5-6-8-13(11)14/h3-8H,1,9-10H2,2H3/b12-4+. The summed E-state index contributed by atoms with van der Waals surface area (Å²) in [5.41, 5.74) is 3.98. The number of nitrogens with zero attached hydrogens (tertiary/aromatic N) is 1. The molecule has 0 atom stereocenters. The molecule has 2 rings (SSSR count). The zero-order valence-corrected chi connectivity index (χ0v) is 8.53. The minimum atomic E-state index is 1.07. The molecule has 0 radical (unpaired) electrons. The van der Waals surface area contributed by atoms with Crippen molar-refractivity contribution in [1.82, 2.24) is 0 Å². The van der Waals surface area contributed by atoms with Crippen LogP contribution in [-0.2, 0) is 6.42 Å². The van der Waals surface area contributed by atoms with Crippen molar-refractivity contribution in [3.8, 4) is 0 Å². The molecule has 0 saturated heterocycles. The lowest BCUT2D eigenvalue weighted by atomic mass is 10.2. The summed E-state index contributed by atoms with van der Waals surface area (Å²) in [6.45, 7) is 6.97. The van der Waals surface area contributed by atoms with Crippen LogP contribution in [0.15, 0.2) is 48.7 Å². The van der Waals surface area contributed by atoms with E-state index in [2.05, 4.69) is 48.7 Å². The maximum Gasteiger partial charge on any atom is 0.0443 e. The first-order valence-electron chi connectivity index (χ1n) is 5.01. The fourth-order valence-electron chi connectivity index (χ4n) is 1.99. The molecule has 0 bridgehead atoms. The summed E-state index contributed by atoms with van der Waals surface area (Å²) in [7, 11) is 0. The predicted molar refractivity (Wildman–Crippen MR) is 61.4 cm³/mol. The summed E-state index contributed by atoms with van der Waals surface area (Å²) in [6.07, 6.45) is 5.17. The van der Waals surface area contributed by atoms with Gasteiger partial charge in [0.2, 0.25) is 0 Å². The largest absolute Gasteiger partial charge is 0.341 e. The average molecular weight is 185 g/mol. The van der Waals surface area contributed by atoms with Crippen molar-refractivity contribution in [3.05, 3.63) is 54.3 Å². The van der Waals surface area contributed by atoms with Gasteiger partial charge in [0.05, 0.1) is 0 Å². The monoisotopic (exact) mass is 185 g/mol. The summed E-state index contributed by atoms with van der Waals surface area (Å²) in [5.74, 6) is 0. The number of anilines is 1. The maximum atomic E-state index is 3.84. The average Bonchev–Trinajstić information content (AvgIpc) is 2.65. The Morgan fingerprint density at radius 1 is 1.43 bits per heavy atom. The lowest BCUT2D eigenvalue weighted by Gasteiger charge is -2.20. The Balaban J connectivity index is 2.39. The van der Waals surface area contributed by atoms with Crippen molar-refractivity contribution in [1.29, 1.82) is 0 Å². The highest BCUT2D eigenvalue weighted by Crippen LogP contribution is 2.30. The first-order chi connectivity index (χ1) is 6.86. The molecule has 0 unspecified atom stereocenters. The van der Waals surface area contributed by atoms with E-state index in [-0.39, 0.29) is 0 Å². The molecule has 1 heteroatoms. The van der Waals surface area contributed by atoms with Gasteiger partial charge in [-0.2, -0.15) is 0 Å². The van der Waals surface area contributed by atoms with Gasteiger partial charge in [0.1, 0.15) is 0 Å². The van der Waals surface area contributed by atoms with Crippen LogP contribution in [0.3, 0.4) is 0 Å². The Morgan fingerprint density at radius 2 is 2.21 bits per heavy atom. The van der Waals surface area contributed by atoms with Crippen LogP contribution in [0.2, 0.25) is 0 Å². The molecule has 1 aliphatic rings. The first-order valence-corrected chi connectivity index (χ1v) is 5.01. The van der Waals surface area contributed by atoms with E-state index >= 15 is 0 Å². The lowest BCUT2D eigenvalue weighted by molar-refractivity contribution is 0.963. The SMILES string of the molecule is C=C/C(=C\C)N1CCc2ccccc21. The second kappa shape index (κ2) is 3.70. The molecule has 1 aromatic carbocycles. The van der Waals surface area contributed by atoms with Crippen LogP contribution in [0, 0.1) is 0 Å². The quantitative estimate of drug-likeness (QED) is 0.640. The molecule has 1 aliphatic heterocycles. The summed E-state index contributed by atoms with van der Waals surface area (Å²) < 4.78 is 0. The van der Waals surface area contributed by atoms with Crippen LogP contribution < -0.4 is 4.90 Å². The fourth-order valence-corrected chi connectivity index (χ4v) is 1.99. The van der Waals surface area contributed by atoms with Gasteiger partial charge in [-0.1, -0.05) is 30.9 Å². The van der Waals surface area contributed by atoms with Crippen molar-refractivity contribution in [2.75, 3.05) is 11.4 Å². The van der Waals surface area contributed by atoms with Crippen LogP contribution >= 0.6 is 0 Å². The molecule has 0 amide bonds. The molecule has 72 valence electrons. The fraction of sp³-hybridized carbons (Fsp3) is 0.231. The number of allylic oxidation sites excluding steroid dienone is 2. The number of fused-ring (bicyclic) bond motifs is 1. The Labute approximate surface area is 85.4 Å². The van der Waals surface area contributed by atoms with Crippen molar-refractivity contribution < 1.29 is 0 Å². The zero-order valence-electron chi connectivity index (χ0n) is 8.53. The number of rotatable bonds is 2. The van der Waals surface area contributed by atoms with Gasteiger partial charge in [0, 0.05) is 17.9 Å². The molecular formula is C13H15N. The predicted octanol–water partition coefficient (Wildman–Crippen LogP) is 3.14. The van der Waals surface area contributed by atoms with Crippen LogP contribution in [0.5, 0.6) is 0 Å². The van der Waals surface area contributed by atoms with Gasteiger partial charge >= 0.3 is 0 Å². The van der Waals surface area contributed by atoms with E-state index in [0.29, 0.717) is 0 Å². The highest BCUT2D eigenvalue weighted by molar-refractivity contribution is 5.63. The van der Waals surface area contributed by atoms with E-state index in [4.69, 9.17) is 0 Å². The molecule has 14 heavy (non-hydrogen) atoms. The van der Waals surface area contributed by atoms with Crippen LogP contribution in [-0.4, -0.2) is 6.54 Å². The van der Waals surface area contributed by atoms with Crippen molar-refractivity contribution in [2.45, 2.75) is 13.3 Å². The molecular weight excluding hydrogens is 170 g/mol. The first kappa shape index (κ1) is 9.07. The molecule has 0 aliphatic carbocycles. The molecule has 0 spiro atoms. The van der Waals surface area contributed by atoms with Gasteiger partial charge in [0.25, 0.3) is 0 Å². The van der Waals surface area contributed by atoms with E-state index in [0.717, 1.165) is 13.0 Å². The van der Waals surface area contributed by atoms with Crippen molar-refractivity contribution in [3.63, 3.8) is 0 Å². The van der Waals surface area contributed by atoms with Gasteiger partial charge in [-0.15, -0.1) is 0 Å². The molecule has 0 aromatic heterocycles. The van der Waals surface area contributed by atoms with Gasteiger partial charge in [-0.05, 0) is 31.1 Å². The van der Waals surface area contributed by atoms with Gasteiger partial charge in [0.15, 0.2) is 0 Å². The summed E-state index contributed by atoms with van der Waals surface area (Å²) in [5, 5.41) is 0. The molecule has 1 heterocycles. The molecule has 1 nitrogen and oxygen atoms in total. The minimum absolute atomic E-state index is 1.07. The minimum Gasteiger partial charge on any atom is -0.341 e. The Bertz CT molecular complexity index is 377. The molecule has 0 N–H and O–H groups in total. The third kappa shape index (κ3) is 1.35. The highest BCUT2D eigenvalue weighted by Gasteiger charge is 2.19. The Morgan fingerprint density at radius 3 is 2.93 bits per heavy atom. The second-order valence-corrected chi connectivity index (χ2v) is 3.45. The third-order valence-electron chi connectivity index (χ3n) is 2.70. The van der Waals surface area contributed by atoms with Crippen LogP contribution in [0.1, 0.15) is 12.5 Å². The van der Waals surface area contributed by atoms with E-state index in [1.165, 1.54) is 16.9 Å². The third-order valence-corrected chi connectivity index (χ3v) is 2.70. The van der Waals surface area contributed by atoms with Crippen molar-refractivity contribution in [2.24, 2.45) is 0 Å². The topological polar surface area (TPSA) is 3.24 Å². The molecule has 1 aromatic rings. The van der Waals surface area contributed by atoms with Crippen LogP contribution in [0.25, 0.3) is 0 Å². The summed E-state index contributed by atoms with van der Waals surface area (Å²) >= 11 is 0. The summed E-state index contributed by atoms with van der Waals surface area (Å²) in [6, 6.07) is 8.57. The number of hydrogen-bond acceptors (Lipinski definition) is 1. The smallest absolute Gasteiger partial charge is 0.0443 e. The number of para-hydroxylation sites is 1. The number of hydrogen-bond donors (Lipinski definition) is 0. The van der Waals surface area contributed by atoms with E-state index in [1.807, 2.05) is 6.08 Å². The zero-order chi connectivity index (χ0) is 9.97. The number of benzene rings is 1. The van der Waals surface area contributed by atoms with Gasteiger partial charge in [-0.25, -0.2) is 0 Å². The molecule has 0 saturated carbocycles. The van der Waals surface area contributed by atoms with Crippen LogP contribution in [0.4, 0.5) is 5.69 Å². The van der Waals surface area contributed by atoms with Gasteiger partial charge < -0.3 is 4.90 Å². The Kier molecular flexibility index (Phi) is 2.40. The molecule has 0 fully saturated rings. The Hall–Kier alpha value is -1.50. The maximum absolute atomic E-state index is 3.84. The highest BCUT2D eigenvalue weighted by atomic mass is 15.2. The van der Waals surface area contributed by atoms with E-state index in [9.17, 15) is 0 Å². The lowest BCUT2D eigenvalue weighted by Crippen LogP contribution is -2.17. The van der Waals surface area contributed by atoms with E-state index in [1.54, 1.807) is 0 Å². The second-order valence-electron chi connectivity index (χ2n) is 3.45. The summed E-state index contributed by atoms with van der Waals surface area (Å²) in [4.78, 5) is 2.32. The normalized spacial score (nSPS) is 15.5. The van der Waals surface area contributed by atoms with E-state index < -0.39 is 0 Å². The van der Waals surface area contributed by atoms with Crippen molar-refractivity contribution >= 4 is 5.69 Å².